The van der Waals surface area contributed by atoms with Crippen LogP contribution < -0.4 is 10.9 Å². The highest BCUT2D eigenvalue weighted by Crippen LogP contribution is 2.34. The van der Waals surface area contributed by atoms with Crippen molar-refractivity contribution in [3.8, 4) is 0 Å². The van der Waals surface area contributed by atoms with Gasteiger partial charge in [-0.25, -0.2) is 4.79 Å². The quantitative estimate of drug-likeness (QED) is 0.879. The monoisotopic (exact) mass is 289 g/mol. The topological polar surface area (TPSA) is 65.2 Å². The van der Waals surface area contributed by atoms with Crippen LogP contribution in [0.25, 0.3) is 0 Å². The van der Waals surface area contributed by atoms with E-state index >= 15 is 0 Å². The van der Waals surface area contributed by atoms with Crippen molar-refractivity contribution in [1.29, 1.82) is 0 Å². The van der Waals surface area contributed by atoms with E-state index in [4.69, 9.17) is 0 Å². The Hall–Kier alpha value is -1.78. The van der Waals surface area contributed by atoms with Crippen molar-refractivity contribution >= 4 is 11.7 Å². The average molecular weight is 289 g/mol. The van der Waals surface area contributed by atoms with Gasteiger partial charge in [-0.1, -0.05) is 13.3 Å². The number of aromatic amines is 1. The Morgan fingerprint density at radius 3 is 2.76 bits per heavy atom. The number of anilines is 1. The van der Waals surface area contributed by atoms with Gasteiger partial charge < -0.3 is 15.2 Å². The Labute approximate surface area is 124 Å². The van der Waals surface area contributed by atoms with E-state index in [0.29, 0.717) is 17.5 Å². The molecule has 1 saturated carbocycles. The molecular formula is C16H23N3O2. The summed E-state index contributed by atoms with van der Waals surface area (Å²) in [6.45, 7) is 3.67. The van der Waals surface area contributed by atoms with Gasteiger partial charge in [0.15, 0.2) is 0 Å². The first kappa shape index (κ1) is 14.2. The molecule has 5 nitrogen and oxygen atoms in total. The fraction of sp³-hybridized carbons (Fsp3) is 0.625. The van der Waals surface area contributed by atoms with Crippen LogP contribution in [-0.4, -0.2) is 29.0 Å². The molecule has 0 radical (unpaired) electrons. The second-order valence-electron chi connectivity index (χ2n) is 6.34. The summed E-state index contributed by atoms with van der Waals surface area (Å²) in [5.74, 6) is 1.28. The number of carbonyl (C=O) groups is 1. The Kier molecular flexibility index (Phi) is 3.99. The third-order valence-corrected chi connectivity index (χ3v) is 4.75. The molecule has 1 aromatic rings. The number of carbonyl (C=O) groups excluding carboxylic acids is 1. The summed E-state index contributed by atoms with van der Waals surface area (Å²) in [4.78, 5) is 28.8. The first-order valence-corrected chi connectivity index (χ1v) is 7.93. The third-order valence-electron chi connectivity index (χ3n) is 4.75. The molecule has 0 aromatic carbocycles. The minimum atomic E-state index is -0.238. The van der Waals surface area contributed by atoms with Crippen LogP contribution in [0, 0.1) is 11.8 Å². The highest BCUT2D eigenvalue weighted by molar-refractivity contribution is 5.89. The molecule has 2 atom stereocenters. The van der Waals surface area contributed by atoms with Gasteiger partial charge >= 0.3 is 6.03 Å². The zero-order valence-electron chi connectivity index (χ0n) is 12.5. The van der Waals surface area contributed by atoms with E-state index in [1.54, 1.807) is 12.3 Å². The number of urea groups is 1. The highest BCUT2D eigenvalue weighted by atomic mass is 16.2. The molecule has 3 rings (SSSR count). The van der Waals surface area contributed by atoms with Crippen LogP contribution in [0.2, 0.25) is 0 Å². The summed E-state index contributed by atoms with van der Waals surface area (Å²) in [5, 5.41) is 2.79. The Balaban J connectivity index is 1.70. The van der Waals surface area contributed by atoms with E-state index in [1.165, 1.54) is 25.7 Å². The van der Waals surface area contributed by atoms with Gasteiger partial charge in [0, 0.05) is 19.3 Å². The summed E-state index contributed by atoms with van der Waals surface area (Å²) in [6, 6.07) is 1.63. The van der Waals surface area contributed by atoms with Gasteiger partial charge in [0.1, 0.15) is 5.69 Å². The number of hydrogen-bond donors (Lipinski definition) is 2. The summed E-state index contributed by atoms with van der Waals surface area (Å²) in [5.41, 5.74) is 1.13. The second kappa shape index (κ2) is 5.92. The third kappa shape index (κ3) is 3.12. The number of H-pyrrole nitrogens is 1. The number of aromatic nitrogens is 1. The molecule has 1 saturated heterocycles. The molecule has 1 aromatic heterocycles. The van der Waals surface area contributed by atoms with Crippen molar-refractivity contribution in [3.05, 3.63) is 28.2 Å². The molecule has 21 heavy (non-hydrogen) atoms. The number of rotatable bonds is 2. The molecule has 2 aliphatic rings. The summed E-state index contributed by atoms with van der Waals surface area (Å²) in [6.07, 6.45) is 7.54. The number of hydrogen-bond acceptors (Lipinski definition) is 2. The van der Waals surface area contributed by atoms with Gasteiger partial charge in [0.2, 0.25) is 0 Å². The molecule has 2 N–H and O–H groups in total. The number of nitrogens with zero attached hydrogens (tertiary/aromatic N) is 1. The number of nitrogens with one attached hydrogen (secondary N) is 2. The molecule has 1 aliphatic heterocycles. The number of fused-ring (bicyclic) bond motifs is 2. The van der Waals surface area contributed by atoms with Crippen molar-refractivity contribution in [1.82, 2.24) is 9.88 Å². The predicted octanol–water partition coefficient (Wildman–Crippen LogP) is 2.59. The lowest BCUT2D eigenvalue weighted by Gasteiger charge is -2.41. The first-order valence-electron chi connectivity index (χ1n) is 7.93. The van der Waals surface area contributed by atoms with Crippen LogP contribution in [0.3, 0.4) is 0 Å². The Morgan fingerprint density at radius 1 is 1.38 bits per heavy atom. The molecule has 2 heterocycles. The van der Waals surface area contributed by atoms with E-state index in [9.17, 15) is 9.59 Å². The second-order valence-corrected chi connectivity index (χ2v) is 6.34. The van der Waals surface area contributed by atoms with Crippen LogP contribution in [0.4, 0.5) is 10.5 Å². The zero-order chi connectivity index (χ0) is 14.8. The van der Waals surface area contributed by atoms with Crippen LogP contribution in [0.15, 0.2) is 17.1 Å². The van der Waals surface area contributed by atoms with Crippen LogP contribution in [-0.2, 0) is 6.42 Å². The van der Waals surface area contributed by atoms with E-state index in [2.05, 4.69) is 10.3 Å². The lowest BCUT2D eigenvalue weighted by atomic mass is 9.78. The zero-order valence-corrected chi connectivity index (χ0v) is 12.5. The minimum Gasteiger partial charge on any atom is -0.327 e. The maximum Gasteiger partial charge on any atom is 0.322 e. The molecule has 5 heteroatoms. The number of piperidine rings is 1. The van der Waals surface area contributed by atoms with E-state index in [1.807, 2.05) is 11.8 Å². The van der Waals surface area contributed by atoms with Gasteiger partial charge in [0.25, 0.3) is 5.56 Å². The van der Waals surface area contributed by atoms with Crippen molar-refractivity contribution in [3.63, 3.8) is 0 Å². The van der Waals surface area contributed by atoms with Gasteiger partial charge in [-0.2, -0.15) is 0 Å². The lowest BCUT2D eigenvalue weighted by molar-refractivity contribution is 0.110. The van der Waals surface area contributed by atoms with E-state index < -0.39 is 0 Å². The fourth-order valence-electron chi connectivity index (χ4n) is 3.62. The Morgan fingerprint density at radius 2 is 2.10 bits per heavy atom. The van der Waals surface area contributed by atoms with Gasteiger partial charge in [-0.15, -0.1) is 0 Å². The molecular weight excluding hydrogens is 266 g/mol. The SMILES string of the molecule is CCc1c[nH]c(=O)c(NC(=O)N2CC3CCCC(C3)C2)c1. The minimum absolute atomic E-state index is 0.134. The number of aryl methyl sites for hydroxylation is 1. The molecule has 114 valence electrons. The Bertz CT molecular complexity index is 569. The molecule has 2 amide bonds. The molecule has 2 fully saturated rings. The van der Waals surface area contributed by atoms with Crippen LogP contribution in [0.1, 0.15) is 38.2 Å². The molecule has 2 bridgehead atoms. The van der Waals surface area contributed by atoms with E-state index in [0.717, 1.165) is 25.1 Å². The molecule has 0 spiro atoms. The largest absolute Gasteiger partial charge is 0.327 e. The number of pyridine rings is 1. The van der Waals surface area contributed by atoms with Crippen molar-refractivity contribution in [2.24, 2.45) is 11.8 Å². The fourth-order valence-corrected chi connectivity index (χ4v) is 3.62. The maximum absolute atomic E-state index is 12.4. The van der Waals surface area contributed by atoms with E-state index in [-0.39, 0.29) is 11.6 Å². The van der Waals surface area contributed by atoms with Crippen molar-refractivity contribution < 1.29 is 4.79 Å². The molecule has 1 aliphatic carbocycles. The first-order chi connectivity index (χ1) is 10.2. The smallest absolute Gasteiger partial charge is 0.322 e. The maximum atomic E-state index is 12.4. The average Bonchev–Trinajstić information content (AvgIpc) is 2.49. The van der Waals surface area contributed by atoms with Gasteiger partial charge in [-0.3, -0.25) is 4.79 Å². The van der Waals surface area contributed by atoms with Gasteiger partial charge in [0.05, 0.1) is 0 Å². The van der Waals surface area contributed by atoms with Crippen LogP contribution in [0.5, 0.6) is 0 Å². The summed E-state index contributed by atoms with van der Waals surface area (Å²) >= 11 is 0. The lowest BCUT2D eigenvalue weighted by Crippen LogP contribution is -2.47. The van der Waals surface area contributed by atoms with Crippen molar-refractivity contribution in [2.45, 2.75) is 39.0 Å². The number of amides is 2. The summed E-state index contributed by atoms with van der Waals surface area (Å²) < 4.78 is 0. The summed E-state index contributed by atoms with van der Waals surface area (Å²) in [7, 11) is 0. The molecule has 2 unspecified atom stereocenters. The predicted molar refractivity (Wildman–Crippen MR) is 82.5 cm³/mol. The van der Waals surface area contributed by atoms with Crippen LogP contribution >= 0.6 is 0 Å². The van der Waals surface area contributed by atoms with Gasteiger partial charge in [-0.05, 0) is 49.1 Å². The highest BCUT2D eigenvalue weighted by Gasteiger charge is 2.32. The standard InChI is InChI=1S/C16H23N3O2/c1-2-11-7-14(15(20)17-8-11)18-16(21)19-9-12-4-3-5-13(6-12)10-19/h7-8,12-13H,2-6,9-10H2,1H3,(H,17,20)(H,18,21). The number of likely N-dealkylation sites (tertiary alicyclic amines) is 1. The van der Waals surface area contributed by atoms with Crippen molar-refractivity contribution in [2.75, 3.05) is 18.4 Å². The normalized spacial score (nSPS) is 24.7.